The highest BCUT2D eigenvalue weighted by Crippen LogP contribution is 2.28. The number of benzene rings is 1. The minimum absolute atomic E-state index is 0. The summed E-state index contributed by atoms with van der Waals surface area (Å²) in [6.07, 6.45) is 2.63. The molecular formula is C20H32Cl3N3O2. The number of hydrogen-bond acceptors (Lipinski definition) is 4. The van der Waals surface area contributed by atoms with Crippen molar-refractivity contribution in [1.82, 2.24) is 10.2 Å². The second kappa shape index (κ2) is 11.0. The smallest absolute Gasteiger partial charge is 0.223 e. The topological polar surface area (TPSA) is 67.6 Å². The molecule has 8 heteroatoms. The first-order chi connectivity index (χ1) is 12.3. The number of rotatable bonds is 5. The Kier molecular flexibility index (Phi) is 10.0. The highest BCUT2D eigenvalue weighted by atomic mass is 35.5. The molecule has 2 fully saturated rings. The van der Waals surface area contributed by atoms with Gasteiger partial charge in [-0.2, -0.15) is 0 Å². The fourth-order valence-corrected chi connectivity index (χ4v) is 4.18. The summed E-state index contributed by atoms with van der Waals surface area (Å²) in [5.41, 5.74) is 6.93. The van der Waals surface area contributed by atoms with Crippen LogP contribution in [0, 0.1) is 5.92 Å². The van der Waals surface area contributed by atoms with Crippen LogP contribution >= 0.6 is 36.4 Å². The molecule has 0 radical (unpaired) electrons. The van der Waals surface area contributed by atoms with Gasteiger partial charge in [0, 0.05) is 36.6 Å². The van der Waals surface area contributed by atoms with Crippen molar-refractivity contribution in [1.29, 1.82) is 0 Å². The van der Waals surface area contributed by atoms with Gasteiger partial charge >= 0.3 is 0 Å². The highest BCUT2D eigenvalue weighted by Gasteiger charge is 2.33. The van der Waals surface area contributed by atoms with Gasteiger partial charge in [0.15, 0.2) is 0 Å². The summed E-state index contributed by atoms with van der Waals surface area (Å²) in [6, 6.07) is 8.19. The fourth-order valence-electron chi connectivity index (χ4n) is 4.06. The van der Waals surface area contributed by atoms with Crippen molar-refractivity contribution in [3.8, 4) is 0 Å². The molecule has 160 valence electrons. The zero-order valence-electron chi connectivity index (χ0n) is 16.5. The Bertz CT molecular complexity index is 628. The predicted octanol–water partition coefficient (Wildman–Crippen LogP) is 3.58. The lowest BCUT2D eigenvalue weighted by Gasteiger charge is -2.42. The summed E-state index contributed by atoms with van der Waals surface area (Å²) in [6.45, 7) is 7.17. The molecule has 3 N–H and O–H groups in total. The molecule has 1 heterocycles. The number of carbonyl (C=O) groups is 1. The van der Waals surface area contributed by atoms with Crippen molar-refractivity contribution in [3.63, 3.8) is 0 Å². The number of nitrogens with zero attached hydrogens (tertiary/aromatic N) is 1. The first-order valence-corrected chi connectivity index (χ1v) is 9.88. The number of hydrogen-bond donors (Lipinski definition) is 2. The molecule has 0 bridgehead atoms. The normalized spacial score (nSPS) is 25.3. The maximum absolute atomic E-state index is 12.6. The van der Waals surface area contributed by atoms with E-state index >= 15 is 0 Å². The first-order valence-electron chi connectivity index (χ1n) is 9.51. The highest BCUT2D eigenvalue weighted by molar-refractivity contribution is 6.30. The number of nitrogens with one attached hydrogen (secondary N) is 1. The summed E-state index contributed by atoms with van der Waals surface area (Å²) >= 11 is 6.06. The molecule has 3 rings (SSSR count). The molecule has 1 aliphatic heterocycles. The van der Waals surface area contributed by atoms with Gasteiger partial charge in [-0.25, -0.2) is 0 Å². The number of ether oxygens (including phenoxy) is 1. The number of carbonyl (C=O) groups excluding carboxylic acids is 1. The van der Waals surface area contributed by atoms with Crippen molar-refractivity contribution < 1.29 is 9.53 Å². The van der Waals surface area contributed by atoms with Crippen molar-refractivity contribution in [3.05, 3.63) is 34.9 Å². The maximum atomic E-state index is 12.6. The molecule has 2 aliphatic rings. The standard InChI is InChI=1S/C20H30ClN3O2.2ClH/c1-20(2)13-24(9-10-26-20)18(14-3-6-16(21)7-4-14)12-23-19(25)15-5-8-17(22)11-15;;/h3-4,6-7,15,17-18H,5,8-13,22H2,1-2H3,(H,23,25);2*1H. The van der Waals surface area contributed by atoms with Gasteiger partial charge in [0.1, 0.15) is 0 Å². The van der Waals surface area contributed by atoms with Crippen molar-refractivity contribution in [2.45, 2.75) is 50.8 Å². The summed E-state index contributed by atoms with van der Waals surface area (Å²) < 4.78 is 5.86. The molecular weight excluding hydrogens is 421 g/mol. The molecule has 28 heavy (non-hydrogen) atoms. The number of amides is 1. The molecule has 0 aromatic heterocycles. The van der Waals surface area contributed by atoms with E-state index in [4.69, 9.17) is 22.1 Å². The third kappa shape index (κ3) is 6.75. The lowest BCUT2D eigenvalue weighted by atomic mass is 10.00. The molecule has 3 unspecified atom stereocenters. The van der Waals surface area contributed by atoms with Crippen LogP contribution in [0.2, 0.25) is 5.02 Å². The zero-order valence-corrected chi connectivity index (χ0v) is 18.9. The lowest BCUT2D eigenvalue weighted by molar-refractivity contribution is -0.125. The minimum Gasteiger partial charge on any atom is -0.373 e. The Morgan fingerprint density at radius 1 is 1.32 bits per heavy atom. The van der Waals surface area contributed by atoms with Gasteiger partial charge in [0.25, 0.3) is 0 Å². The van der Waals surface area contributed by atoms with E-state index in [1.54, 1.807) is 0 Å². The second-order valence-corrected chi connectivity index (χ2v) is 8.60. The second-order valence-electron chi connectivity index (χ2n) is 8.16. The van der Waals surface area contributed by atoms with Crippen molar-refractivity contribution >= 4 is 42.3 Å². The van der Waals surface area contributed by atoms with Gasteiger partial charge in [0.2, 0.25) is 5.91 Å². The van der Waals surface area contributed by atoms with Crippen molar-refractivity contribution in [2.75, 3.05) is 26.2 Å². The van der Waals surface area contributed by atoms with Gasteiger partial charge in [-0.3, -0.25) is 9.69 Å². The van der Waals surface area contributed by atoms with Crippen LogP contribution in [0.1, 0.15) is 44.7 Å². The first kappa shape index (κ1) is 25.5. The van der Waals surface area contributed by atoms with E-state index in [1.807, 2.05) is 24.3 Å². The summed E-state index contributed by atoms with van der Waals surface area (Å²) in [5, 5.41) is 3.89. The summed E-state index contributed by atoms with van der Waals surface area (Å²) in [5.74, 6) is 0.182. The van der Waals surface area contributed by atoms with Crippen LogP contribution in [0.3, 0.4) is 0 Å². The molecule has 0 spiro atoms. The number of morpholine rings is 1. The zero-order chi connectivity index (χ0) is 18.7. The van der Waals surface area contributed by atoms with E-state index in [2.05, 4.69) is 24.1 Å². The van der Waals surface area contributed by atoms with Crippen LogP contribution < -0.4 is 11.1 Å². The summed E-state index contributed by atoms with van der Waals surface area (Å²) in [7, 11) is 0. The third-order valence-electron chi connectivity index (χ3n) is 5.46. The molecule has 1 amide bonds. The molecule has 1 saturated heterocycles. The van der Waals surface area contributed by atoms with Crippen LogP contribution in [0.4, 0.5) is 0 Å². The predicted molar refractivity (Wildman–Crippen MR) is 119 cm³/mol. The van der Waals surface area contributed by atoms with Crippen LogP contribution in [0.25, 0.3) is 0 Å². The Morgan fingerprint density at radius 2 is 2.00 bits per heavy atom. The van der Waals surface area contributed by atoms with Crippen LogP contribution in [-0.2, 0) is 9.53 Å². The molecule has 1 aromatic rings. The van der Waals surface area contributed by atoms with E-state index in [0.717, 1.165) is 42.9 Å². The van der Waals surface area contributed by atoms with Gasteiger partial charge in [-0.05, 0) is 50.8 Å². The fraction of sp³-hybridized carbons (Fsp3) is 0.650. The van der Waals surface area contributed by atoms with Crippen molar-refractivity contribution in [2.24, 2.45) is 11.7 Å². The van der Waals surface area contributed by atoms with E-state index in [9.17, 15) is 4.79 Å². The van der Waals surface area contributed by atoms with Crippen LogP contribution in [0.5, 0.6) is 0 Å². The Labute approximate surface area is 185 Å². The van der Waals surface area contributed by atoms with Gasteiger partial charge in [0.05, 0.1) is 18.2 Å². The Balaban J connectivity index is 0.00000196. The molecule has 1 saturated carbocycles. The minimum atomic E-state index is -0.189. The number of halogens is 3. The van der Waals surface area contributed by atoms with Crippen LogP contribution in [0.15, 0.2) is 24.3 Å². The monoisotopic (exact) mass is 451 g/mol. The van der Waals surface area contributed by atoms with E-state index in [1.165, 1.54) is 0 Å². The van der Waals surface area contributed by atoms with Gasteiger partial charge in [-0.15, -0.1) is 24.8 Å². The van der Waals surface area contributed by atoms with E-state index in [0.29, 0.717) is 13.2 Å². The molecule has 5 nitrogen and oxygen atoms in total. The Morgan fingerprint density at radius 3 is 2.57 bits per heavy atom. The number of nitrogens with two attached hydrogens (primary N) is 1. The largest absolute Gasteiger partial charge is 0.373 e. The lowest BCUT2D eigenvalue weighted by Crippen LogP contribution is -2.51. The maximum Gasteiger partial charge on any atom is 0.223 e. The van der Waals surface area contributed by atoms with E-state index < -0.39 is 0 Å². The SMILES string of the molecule is CC1(C)CN(C(CNC(=O)C2CCC(N)C2)c2ccc(Cl)cc2)CCO1.Cl.Cl. The van der Waals surface area contributed by atoms with Gasteiger partial charge < -0.3 is 15.8 Å². The third-order valence-corrected chi connectivity index (χ3v) is 5.72. The van der Waals surface area contributed by atoms with Gasteiger partial charge in [-0.1, -0.05) is 23.7 Å². The summed E-state index contributed by atoms with van der Waals surface area (Å²) in [4.78, 5) is 15.0. The Hall–Kier alpha value is -0.560. The molecule has 1 aromatic carbocycles. The average Bonchev–Trinajstić information content (AvgIpc) is 3.02. The molecule has 1 aliphatic carbocycles. The van der Waals surface area contributed by atoms with E-state index in [-0.39, 0.29) is 54.3 Å². The molecule has 3 atom stereocenters. The quantitative estimate of drug-likeness (QED) is 0.716. The average molecular weight is 453 g/mol. The van der Waals surface area contributed by atoms with Crippen LogP contribution in [-0.4, -0.2) is 48.7 Å².